The highest BCUT2D eigenvalue weighted by Gasteiger charge is 2.92. The molecular weight excluding hydrogens is 982 g/mol. The Balaban J connectivity index is 4.71. The molecule has 0 aliphatic rings. The van der Waals surface area contributed by atoms with Gasteiger partial charge in [0.25, 0.3) is 0 Å². The Morgan fingerprint density at radius 3 is 0.836 bits per heavy atom. The summed E-state index contributed by atoms with van der Waals surface area (Å²) in [7, 11) is -5.83. The largest absolute Gasteiger partial charge is 0.460 e. The van der Waals surface area contributed by atoms with Crippen LogP contribution < -0.4 is 0 Å². The standard InChI is InChI=1S/C26H28F26O7S2/c27-15(28,17(31,32)19(35,36)21(39,40)23(43,44)25(47,48)49)1-7-60(55)11-13(53)9-58-5-3-57-4-6-59-10-14(54)12-61(56)8-2-16(29,30)18(33,34)20(37,38)22(41,42)24(45,46)26(50,51)52/h13-14,53-54H,1-12H2. The number of halogens is 26. The molecule has 0 aromatic rings. The third-order valence-corrected chi connectivity index (χ3v) is 10.2. The van der Waals surface area contributed by atoms with Gasteiger partial charge in [0, 0.05) is 45.9 Å². The molecule has 0 aliphatic heterocycles. The summed E-state index contributed by atoms with van der Waals surface area (Å²) in [6.45, 7) is -3.61. The SMILES string of the molecule is O=S(CCC(F)(F)C(F)(F)C(F)(F)C(F)(F)C(F)(F)C(F)(F)F)CC(O)COCCOCCOCC(O)CS(=O)CCC(F)(F)C(F)(F)C(F)(F)C(F)(F)C(F)(F)C(F)(F)F. The lowest BCUT2D eigenvalue weighted by molar-refractivity contribution is -0.439. The highest BCUT2D eigenvalue weighted by molar-refractivity contribution is 7.85. The van der Waals surface area contributed by atoms with Crippen LogP contribution in [0.5, 0.6) is 0 Å². The fraction of sp³-hybridized carbons (Fsp3) is 1.00. The third-order valence-electron chi connectivity index (χ3n) is 7.41. The molecule has 0 saturated heterocycles. The molecule has 4 unspecified atom stereocenters. The van der Waals surface area contributed by atoms with Crippen molar-refractivity contribution in [3.63, 3.8) is 0 Å². The number of hydrogen-bond donors (Lipinski definition) is 2. The van der Waals surface area contributed by atoms with Gasteiger partial charge in [-0.1, -0.05) is 0 Å². The molecule has 2 N–H and O–H groups in total. The normalized spacial score (nSPS) is 17.4. The van der Waals surface area contributed by atoms with Gasteiger partial charge in [-0.2, -0.15) is 114 Å². The summed E-state index contributed by atoms with van der Waals surface area (Å²) in [5, 5.41) is 19.3. The van der Waals surface area contributed by atoms with Crippen molar-refractivity contribution in [1.82, 2.24) is 0 Å². The molecule has 0 spiro atoms. The number of ether oxygens (including phenoxy) is 3. The monoisotopic (exact) mass is 1010 g/mol. The molecule has 0 aromatic carbocycles. The number of hydrogen-bond acceptors (Lipinski definition) is 7. The van der Waals surface area contributed by atoms with Gasteiger partial charge in [0.2, 0.25) is 0 Å². The molecule has 0 radical (unpaired) electrons. The Hall–Kier alpha value is -1.72. The maximum atomic E-state index is 13.8. The van der Waals surface area contributed by atoms with Crippen LogP contribution in [-0.2, 0) is 35.8 Å². The van der Waals surface area contributed by atoms with Crippen molar-refractivity contribution in [3.05, 3.63) is 0 Å². The fourth-order valence-corrected chi connectivity index (χ4v) is 6.22. The Morgan fingerprint density at radius 2 is 0.590 bits per heavy atom. The summed E-state index contributed by atoms with van der Waals surface area (Å²) >= 11 is 0. The molecule has 0 rings (SSSR count). The Bertz CT molecular complexity index is 1330. The second-order valence-electron chi connectivity index (χ2n) is 12.2. The fourth-order valence-electron chi connectivity index (χ4n) is 3.87. The highest BCUT2D eigenvalue weighted by atomic mass is 32.2. The molecule has 61 heavy (non-hydrogen) atoms. The van der Waals surface area contributed by atoms with Crippen molar-refractivity contribution in [2.75, 3.05) is 62.7 Å². The van der Waals surface area contributed by atoms with Crippen LogP contribution >= 0.6 is 0 Å². The van der Waals surface area contributed by atoms with Crippen molar-refractivity contribution in [1.29, 1.82) is 0 Å². The van der Waals surface area contributed by atoms with Crippen LogP contribution in [0.1, 0.15) is 12.8 Å². The van der Waals surface area contributed by atoms with Gasteiger partial charge in [-0.25, -0.2) is 0 Å². The number of aliphatic hydroxyl groups is 2. The molecule has 0 saturated carbocycles. The first-order chi connectivity index (χ1) is 26.8. The predicted octanol–water partition coefficient (Wildman–Crippen LogP) is 7.51. The second-order valence-corrected chi connectivity index (χ2v) is 15.4. The molecule has 0 amide bonds. The van der Waals surface area contributed by atoms with Crippen molar-refractivity contribution >= 4 is 21.6 Å². The van der Waals surface area contributed by atoms with Crippen LogP contribution in [0, 0.1) is 0 Å². The van der Waals surface area contributed by atoms with Crippen molar-refractivity contribution in [2.45, 2.75) is 96.6 Å². The van der Waals surface area contributed by atoms with Crippen LogP contribution in [0.4, 0.5) is 114 Å². The van der Waals surface area contributed by atoms with E-state index in [0.717, 1.165) is 0 Å². The first-order valence-corrected chi connectivity index (χ1v) is 18.5. The van der Waals surface area contributed by atoms with Crippen LogP contribution in [0.15, 0.2) is 0 Å². The molecule has 7 nitrogen and oxygen atoms in total. The van der Waals surface area contributed by atoms with Gasteiger partial charge < -0.3 is 24.4 Å². The summed E-state index contributed by atoms with van der Waals surface area (Å²) in [6, 6.07) is 0. The lowest BCUT2D eigenvalue weighted by Gasteiger charge is -2.39. The summed E-state index contributed by atoms with van der Waals surface area (Å²) in [4.78, 5) is 0. The molecule has 4 atom stereocenters. The van der Waals surface area contributed by atoms with E-state index in [-0.39, 0.29) is 0 Å². The summed E-state index contributed by atoms with van der Waals surface area (Å²) < 4.78 is 380. The molecule has 35 heteroatoms. The van der Waals surface area contributed by atoms with E-state index in [1.165, 1.54) is 0 Å². The zero-order chi connectivity index (χ0) is 48.9. The second kappa shape index (κ2) is 20.2. The lowest BCUT2D eigenvalue weighted by Crippen LogP contribution is -2.70. The summed E-state index contributed by atoms with van der Waals surface area (Å²) in [5.41, 5.74) is 0. The Morgan fingerprint density at radius 1 is 0.361 bits per heavy atom. The van der Waals surface area contributed by atoms with Crippen molar-refractivity contribution in [3.8, 4) is 0 Å². The average molecular weight is 1010 g/mol. The van der Waals surface area contributed by atoms with Gasteiger partial charge in [-0.05, 0) is 0 Å². The third kappa shape index (κ3) is 12.8. The van der Waals surface area contributed by atoms with E-state index < -0.39 is 181 Å². The minimum atomic E-state index is -8.12. The number of alkyl halides is 26. The van der Waals surface area contributed by atoms with Crippen LogP contribution in [0.2, 0.25) is 0 Å². The molecule has 0 aromatic heterocycles. The van der Waals surface area contributed by atoms with Crippen LogP contribution in [-0.4, -0.2) is 165 Å². The minimum absolute atomic E-state index is 0.434. The molecule has 0 aliphatic carbocycles. The molecule has 0 fully saturated rings. The topological polar surface area (TPSA) is 102 Å². The maximum Gasteiger partial charge on any atom is 0.460 e. The predicted molar refractivity (Wildman–Crippen MR) is 151 cm³/mol. The van der Waals surface area contributed by atoms with E-state index in [1.807, 2.05) is 0 Å². The first kappa shape index (κ1) is 59.3. The van der Waals surface area contributed by atoms with Gasteiger partial charge in [-0.15, -0.1) is 0 Å². The van der Waals surface area contributed by atoms with E-state index in [9.17, 15) is 133 Å². The number of aliphatic hydroxyl groups excluding tert-OH is 2. The summed E-state index contributed by atoms with van der Waals surface area (Å²) in [6.07, 6.45) is -24.6. The molecular formula is C26H28F26O7S2. The minimum Gasteiger partial charge on any atom is -0.390 e. The van der Waals surface area contributed by atoms with Crippen LogP contribution in [0.25, 0.3) is 0 Å². The van der Waals surface area contributed by atoms with Gasteiger partial charge >= 0.3 is 71.6 Å². The van der Waals surface area contributed by atoms with Crippen molar-refractivity contribution < 1.29 is 147 Å². The average Bonchev–Trinajstić information content (AvgIpc) is 3.07. The summed E-state index contributed by atoms with van der Waals surface area (Å²) in [5.74, 6) is -82.4. The smallest absolute Gasteiger partial charge is 0.390 e. The Labute approximate surface area is 328 Å². The van der Waals surface area contributed by atoms with E-state index in [0.29, 0.717) is 0 Å². The quantitative estimate of drug-likeness (QED) is 0.0619. The van der Waals surface area contributed by atoms with E-state index in [4.69, 9.17) is 14.2 Å². The van der Waals surface area contributed by atoms with Gasteiger partial charge in [0.1, 0.15) is 0 Å². The number of rotatable bonds is 28. The van der Waals surface area contributed by atoms with E-state index >= 15 is 0 Å². The maximum absolute atomic E-state index is 13.8. The van der Waals surface area contributed by atoms with E-state index in [2.05, 4.69) is 0 Å². The molecule has 0 heterocycles. The van der Waals surface area contributed by atoms with Gasteiger partial charge in [0.05, 0.1) is 63.4 Å². The lowest BCUT2D eigenvalue weighted by atomic mass is 9.93. The van der Waals surface area contributed by atoms with Crippen molar-refractivity contribution in [2.24, 2.45) is 0 Å². The van der Waals surface area contributed by atoms with Crippen LogP contribution in [0.3, 0.4) is 0 Å². The molecule has 368 valence electrons. The highest BCUT2D eigenvalue weighted by Crippen LogP contribution is 2.62. The zero-order valence-electron chi connectivity index (χ0n) is 29.2. The van der Waals surface area contributed by atoms with Gasteiger partial charge in [0.15, 0.2) is 0 Å². The zero-order valence-corrected chi connectivity index (χ0v) is 30.9. The Kier molecular flexibility index (Phi) is 19.6. The first-order valence-electron chi connectivity index (χ1n) is 15.5. The van der Waals surface area contributed by atoms with Gasteiger partial charge in [-0.3, -0.25) is 8.42 Å². The van der Waals surface area contributed by atoms with E-state index in [1.54, 1.807) is 0 Å². The molecule has 0 bridgehead atoms.